The number of halogens is 1. The van der Waals surface area contributed by atoms with Gasteiger partial charge in [-0.15, -0.1) is 11.3 Å². The second kappa shape index (κ2) is 5.76. The number of methoxy groups -OCH3 is 1. The summed E-state index contributed by atoms with van der Waals surface area (Å²) in [5.41, 5.74) is 8.13. The molecule has 2 nitrogen and oxygen atoms in total. The molecule has 0 spiro atoms. The van der Waals surface area contributed by atoms with E-state index in [4.69, 9.17) is 10.5 Å². The maximum absolute atomic E-state index is 14.1. The average Bonchev–Trinajstić information content (AvgIpc) is 2.90. The summed E-state index contributed by atoms with van der Waals surface area (Å²) >= 11 is 3.66. The molecule has 1 unspecified atom stereocenters. The molecule has 1 aliphatic heterocycles. The lowest BCUT2D eigenvalue weighted by Crippen LogP contribution is -2.12. The van der Waals surface area contributed by atoms with Crippen molar-refractivity contribution in [2.45, 2.75) is 18.2 Å². The van der Waals surface area contributed by atoms with Crippen molar-refractivity contribution >= 4 is 23.1 Å². The van der Waals surface area contributed by atoms with Gasteiger partial charge in [-0.3, -0.25) is 0 Å². The van der Waals surface area contributed by atoms with Gasteiger partial charge in [0, 0.05) is 27.1 Å². The van der Waals surface area contributed by atoms with Crippen LogP contribution in [-0.4, -0.2) is 12.9 Å². The maximum Gasteiger partial charge on any atom is 0.132 e. The van der Waals surface area contributed by atoms with Crippen LogP contribution in [-0.2, 0) is 12.2 Å². The Morgan fingerprint density at radius 2 is 2.20 bits per heavy atom. The van der Waals surface area contributed by atoms with Gasteiger partial charge < -0.3 is 10.5 Å². The third kappa shape index (κ3) is 2.57. The molecule has 1 aromatic carbocycles. The van der Waals surface area contributed by atoms with Crippen LogP contribution in [0.5, 0.6) is 5.75 Å². The summed E-state index contributed by atoms with van der Waals surface area (Å²) < 4.78 is 19.1. The summed E-state index contributed by atoms with van der Waals surface area (Å²) in [4.78, 5) is 2.45. The smallest absolute Gasteiger partial charge is 0.132 e. The highest BCUT2D eigenvalue weighted by atomic mass is 32.2. The molecule has 0 radical (unpaired) electrons. The third-order valence-electron chi connectivity index (χ3n) is 3.50. The van der Waals surface area contributed by atoms with Crippen LogP contribution in [0.25, 0.3) is 0 Å². The number of aryl methyl sites for hydroxylation is 1. The molecule has 0 fully saturated rings. The van der Waals surface area contributed by atoms with Crippen molar-refractivity contribution in [3.63, 3.8) is 0 Å². The first-order valence-electron chi connectivity index (χ1n) is 6.47. The number of ether oxygens (including phenoxy) is 1. The summed E-state index contributed by atoms with van der Waals surface area (Å²) in [7, 11) is 1.53. The summed E-state index contributed by atoms with van der Waals surface area (Å²) in [6.45, 7) is 0. The lowest BCUT2D eigenvalue weighted by molar-refractivity contribution is 0.410. The molecule has 1 aromatic heterocycles. The van der Waals surface area contributed by atoms with E-state index in [0.717, 1.165) is 17.1 Å². The molecular formula is C15H16FNOS2. The molecular weight excluding hydrogens is 293 g/mol. The second-order valence-electron chi connectivity index (χ2n) is 4.76. The Morgan fingerprint density at radius 3 is 2.90 bits per heavy atom. The SMILES string of the molecule is COc1ccc(C(N)c2cc3c(s2)CCSC3)c(F)c1. The van der Waals surface area contributed by atoms with Crippen molar-refractivity contribution < 1.29 is 9.13 Å². The van der Waals surface area contributed by atoms with Gasteiger partial charge in [-0.25, -0.2) is 4.39 Å². The Morgan fingerprint density at radius 1 is 1.35 bits per heavy atom. The first-order chi connectivity index (χ1) is 9.69. The Balaban J connectivity index is 1.92. The number of fused-ring (bicyclic) bond motifs is 1. The highest BCUT2D eigenvalue weighted by Crippen LogP contribution is 2.36. The number of benzene rings is 1. The minimum absolute atomic E-state index is 0.308. The van der Waals surface area contributed by atoms with Crippen LogP contribution < -0.4 is 10.5 Å². The first kappa shape index (κ1) is 13.9. The number of rotatable bonds is 3. The van der Waals surface area contributed by atoms with Crippen molar-refractivity contribution in [2.24, 2.45) is 5.73 Å². The summed E-state index contributed by atoms with van der Waals surface area (Å²) in [5, 5.41) is 0. The van der Waals surface area contributed by atoms with Gasteiger partial charge in [-0.05, 0) is 29.9 Å². The van der Waals surface area contributed by atoms with E-state index in [2.05, 4.69) is 6.07 Å². The number of nitrogens with two attached hydrogens (primary N) is 1. The van der Waals surface area contributed by atoms with Gasteiger partial charge in [-0.2, -0.15) is 11.8 Å². The zero-order chi connectivity index (χ0) is 14.1. The number of hydrogen-bond acceptors (Lipinski definition) is 4. The van der Waals surface area contributed by atoms with Gasteiger partial charge in [0.05, 0.1) is 13.2 Å². The van der Waals surface area contributed by atoms with Crippen molar-refractivity contribution in [1.29, 1.82) is 0 Å². The Labute approximate surface area is 126 Å². The molecule has 0 bridgehead atoms. The molecule has 1 atom stereocenters. The van der Waals surface area contributed by atoms with E-state index in [1.54, 1.807) is 23.5 Å². The molecule has 5 heteroatoms. The largest absolute Gasteiger partial charge is 0.497 e. The Kier molecular flexibility index (Phi) is 4.01. The summed E-state index contributed by atoms with van der Waals surface area (Å²) in [6, 6.07) is 6.59. The zero-order valence-corrected chi connectivity index (χ0v) is 12.8. The Hall–Kier alpha value is -1.04. The second-order valence-corrected chi connectivity index (χ2v) is 7.04. The first-order valence-corrected chi connectivity index (χ1v) is 8.44. The molecule has 0 aliphatic carbocycles. The topological polar surface area (TPSA) is 35.2 Å². The van der Waals surface area contributed by atoms with Crippen molar-refractivity contribution in [3.05, 3.63) is 51.0 Å². The zero-order valence-electron chi connectivity index (χ0n) is 11.2. The molecule has 0 saturated heterocycles. The third-order valence-corrected chi connectivity index (χ3v) is 5.82. The van der Waals surface area contributed by atoms with Gasteiger partial charge in [0.25, 0.3) is 0 Å². The Bertz CT molecular complexity index is 603. The molecule has 106 valence electrons. The van der Waals surface area contributed by atoms with Crippen molar-refractivity contribution in [2.75, 3.05) is 12.9 Å². The van der Waals surface area contributed by atoms with Crippen LogP contribution in [0, 0.1) is 5.82 Å². The molecule has 0 amide bonds. The molecule has 20 heavy (non-hydrogen) atoms. The van der Waals surface area contributed by atoms with Gasteiger partial charge in [-0.1, -0.05) is 6.07 Å². The fourth-order valence-corrected chi connectivity index (χ4v) is 4.76. The monoisotopic (exact) mass is 309 g/mol. The van der Waals surface area contributed by atoms with E-state index in [1.165, 1.54) is 29.4 Å². The predicted molar refractivity (Wildman–Crippen MR) is 83.2 cm³/mol. The van der Waals surface area contributed by atoms with Gasteiger partial charge in [0.2, 0.25) is 0 Å². The molecule has 2 aromatic rings. The minimum Gasteiger partial charge on any atom is -0.497 e. The van der Waals surface area contributed by atoms with Crippen LogP contribution >= 0.6 is 23.1 Å². The van der Waals surface area contributed by atoms with Gasteiger partial charge in [0.1, 0.15) is 11.6 Å². The van der Waals surface area contributed by atoms with Crippen LogP contribution in [0.3, 0.4) is 0 Å². The maximum atomic E-state index is 14.1. The number of thioether (sulfide) groups is 1. The highest BCUT2D eigenvalue weighted by molar-refractivity contribution is 7.98. The van der Waals surface area contributed by atoms with Crippen LogP contribution in [0.2, 0.25) is 0 Å². The standard InChI is InChI=1S/C15H16FNOS2/c1-18-10-2-3-11(12(16)7-10)15(17)14-6-9-8-19-5-4-13(9)20-14/h2-3,6-7,15H,4-5,8,17H2,1H3. The van der Waals surface area contributed by atoms with Crippen LogP contribution in [0.4, 0.5) is 4.39 Å². The predicted octanol–water partition coefficient (Wildman–Crippen LogP) is 3.73. The van der Waals surface area contributed by atoms with E-state index < -0.39 is 6.04 Å². The van der Waals surface area contributed by atoms with Gasteiger partial charge in [0.15, 0.2) is 0 Å². The van der Waals surface area contributed by atoms with Crippen LogP contribution in [0.1, 0.15) is 26.9 Å². The van der Waals surface area contributed by atoms with Crippen molar-refractivity contribution in [3.8, 4) is 5.75 Å². The van der Waals surface area contributed by atoms with E-state index in [1.807, 2.05) is 11.8 Å². The quantitative estimate of drug-likeness (QED) is 0.938. The van der Waals surface area contributed by atoms with E-state index in [0.29, 0.717) is 11.3 Å². The van der Waals surface area contributed by atoms with E-state index >= 15 is 0 Å². The van der Waals surface area contributed by atoms with E-state index in [9.17, 15) is 4.39 Å². The average molecular weight is 309 g/mol. The molecule has 3 rings (SSSR count). The van der Waals surface area contributed by atoms with Gasteiger partial charge >= 0.3 is 0 Å². The summed E-state index contributed by atoms with van der Waals surface area (Å²) in [6.07, 6.45) is 1.10. The van der Waals surface area contributed by atoms with Crippen molar-refractivity contribution in [1.82, 2.24) is 0 Å². The fraction of sp³-hybridized carbons (Fsp3) is 0.333. The number of thiophene rings is 1. The minimum atomic E-state index is -0.401. The lowest BCUT2D eigenvalue weighted by atomic mass is 10.0. The normalized spacial score (nSPS) is 15.8. The highest BCUT2D eigenvalue weighted by Gasteiger charge is 2.20. The lowest BCUT2D eigenvalue weighted by Gasteiger charge is -2.12. The molecule has 2 N–H and O–H groups in total. The molecule has 2 heterocycles. The summed E-state index contributed by atoms with van der Waals surface area (Å²) in [5.74, 6) is 2.42. The number of hydrogen-bond donors (Lipinski definition) is 1. The molecule has 0 saturated carbocycles. The fourth-order valence-electron chi connectivity index (χ4n) is 2.36. The van der Waals surface area contributed by atoms with Crippen LogP contribution in [0.15, 0.2) is 24.3 Å². The molecule has 1 aliphatic rings. The van der Waals surface area contributed by atoms with E-state index in [-0.39, 0.29) is 5.82 Å².